The van der Waals surface area contributed by atoms with Gasteiger partial charge in [-0.1, -0.05) is 23.2 Å². The van der Waals surface area contributed by atoms with Crippen molar-refractivity contribution in [2.45, 2.75) is 13.7 Å². The molecule has 18 heavy (non-hydrogen) atoms. The van der Waals surface area contributed by atoms with Crippen molar-refractivity contribution in [1.29, 1.82) is 0 Å². The Morgan fingerprint density at radius 3 is 2.72 bits per heavy atom. The quantitative estimate of drug-likeness (QED) is 0.569. The molecule has 0 saturated heterocycles. The van der Waals surface area contributed by atoms with E-state index in [4.69, 9.17) is 37.4 Å². The molecule has 0 aromatic carbocycles. The first kappa shape index (κ1) is 15.2. The standard InChI is InChI=1S/C10H14Cl2N2O4/c1-3-17-6-14-8(12)7(11)13-9(14)10(15)18-5-4-16-2/h3-6H2,1-2H3. The zero-order valence-corrected chi connectivity index (χ0v) is 11.6. The Balaban J connectivity index is 2.79. The van der Waals surface area contributed by atoms with Gasteiger partial charge in [-0.25, -0.2) is 9.78 Å². The minimum Gasteiger partial charge on any atom is -0.457 e. The van der Waals surface area contributed by atoms with Crippen LogP contribution in [0.1, 0.15) is 17.5 Å². The van der Waals surface area contributed by atoms with Crippen LogP contribution in [0, 0.1) is 0 Å². The van der Waals surface area contributed by atoms with Crippen molar-refractivity contribution in [1.82, 2.24) is 9.55 Å². The molecule has 0 aliphatic carbocycles. The lowest BCUT2D eigenvalue weighted by Crippen LogP contribution is -2.17. The summed E-state index contributed by atoms with van der Waals surface area (Å²) in [5.41, 5.74) is 0. The number of carbonyl (C=O) groups excluding carboxylic acids is 1. The minimum atomic E-state index is -0.624. The maximum Gasteiger partial charge on any atom is 0.374 e. The number of aromatic nitrogens is 2. The van der Waals surface area contributed by atoms with Gasteiger partial charge >= 0.3 is 5.97 Å². The van der Waals surface area contributed by atoms with Crippen LogP contribution in [0.3, 0.4) is 0 Å². The van der Waals surface area contributed by atoms with Crippen molar-refractivity contribution in [3.8, 4) is 0 Å². The summed E-state index contributed by atoms with van der Waals surface area (Å²) in [6.45, 7) is 2.82. The van der Waals surface area contributed by atoms with Crippen molar-refractivity contribution in [3.63, 3.8) is 0 Å². The first-order valence-electron chi connectivity index (χ1n) is 5.27. The second kappa shape index (κ2) is 7.58. The molecule has 0 saturated carbocycles. The molecular weight excluding hydrogens is 283 g/mol. The highest BCUT2D eigenvalue weighted by Gasteiger charge is 2.21. The predicted molar refractivity (Wildman–Crippen MR) is 66.0 cm³/mol. The lowest BCUT2D eigenvalue weighted by atomic mass is 10.6. The second-order valence-corrected chi connectivity index (χ2v) is 3.91. The van der Waals surface area contributed by atoms with Crippen LogP contribution in [0.2, 0.25) is 10.3 Å². The van der Waals surface area contributed by atoms with Gasteiger partial charge in [0, 0.05) is 13.7 Å². The third kappa shape index (κ3) is 3.84. The van der Waals surface area contributed by atoms with E-state index in [0.717, 1.165) is 0 Å². The highest BCUT2D eigenvalue weighted by Crippen LogP contribution is 2.23. The number of ether oxygens (including phenoxy) is 3. The molecule has 8 heteroatoms. The molecule has 0 amide bonds. The maximum absolute atomic E-state index is 11.7. The smallest absolute Gasteiger partial charge is 0.374 e. The van der Waals surface area contributed by atoms with E-state index < -0.39 is 5.97 Å². The number of halogens is 2. The topological polar surface area (TPSA) is 62.6 Å². The third-order valence-corrected chi connectivity index (χ3v) is 2.74. The van der Waals surface area contributed by atoms with Gasteiger partial charge in [0.15, 0.2) is 5.15 Å². The molecule has 1 aromatic heterocycles. The van der Waals surface area contributed by atoms with E-state index >= 15 is 0 Å². The van der Waals surface area contributed by atoms with Crippen LogP contribution in [0.4, 0.5) is 0 Å². The van der Waals surface area contributed by atoms with Crippen LogP contribution in [0.5, 0.6) is 0 Å². The number of rotatable bonds is 7. The summed E-state index contributed by atoms with van der Waals surface area (Å²) < 4.78 is 16.2. The van der Waals surface area contributed by atoms with Gasteiger partial charge in [-0.2, -0.15) is 0 Å². The molecule has 0 aliphatic rings. The molecular formula is C10H14Cl2N2O4. The van der Waals surface area contributed by atoms with Crippen LogP contribution >= 0.6 is 23.2 Å². The summed E-state index contributed by atoms with van der Waals surface area (Å²) in [4.78, 5) is 15.6. The zero-order chi connectivity index (χ0) is 13.5. The molecule has 0 fully saturated rings. The zero-order valence-electron chi connectivity index (χ0n) is 10.1. The Kier molecular flexibility index (Phi) is 6.42. The SMILES string of the molecule is CCOCn1c(C(=O)OCCOC)nc(Cl)c1Cl. The van der Waals surface area contributed by atoms with E-state index in [1.807, 2.05) is 6.92 Å². The molecule has 1 rings (SSSR count). The minimum absolute atomic E-state index is 0.00885. The van der Waals surface area contributed by atoms with Gasteiger partial charge < -0.3 is 14.2 Å². The van der Waals surface area contributed by atoms with Gasteiger partial charge in [0.2, 0.25) is 5.82 Å². The summed E-state index contributed by atoms with van der Waals surface area (Å²) in [5.74, 6) is -0.616. The number of hydrogen-bond donors (Lipinski definition) is 0. The molecule has 0 radical (unpaired) electrons. The van der Waals surface area contributed by atoms with Gasteiger partial charge in [-0.3, -0.25) is 4.57 Å². The van der Waals surface area contributed by atoms with Gasteiger partial charge in [0.25, 0.3) is 0 Å². The van der Waals surface area contributed by atoms with Crippen LogP contribution in [-0.2, 0) is 20.9 Å². The molecule has 6 nitrogen and oxygen atoms in total. The van der Waals surface area contributed by atoms with Crippen molar-refractivity contribution in [3.05, 3.63) is 16.1 Å². The average Bonchev–Trinajstić information content (AvgIpc) is 2.64. The summed E-state index contributed by atoms with van der Waals surface area (Å²) in [6.07, 6.45) is 0. The van der Waals surface area contributed by atoms with Gasteiger partial charge in [0.1, 0.15) is 18.5 Å². The summed E-state index contributed by atoms with van der Waals surface area (Å²) >= 11 is 11.7. The first-order valence-corrected chi connectivity index (χ1v) is 6.02. The van der Waals surface area contributed by atoms with Crippen molar-refractivity contribution >= 4 is 29.2 Å². The predicted octanol–water partition coefficient (Wildman–Crippen LogP) is 1.99. The van der Waals surface area contributed by atoms with Gasteiger partial charge in [-0.15, -0.1) is 0 Å². The Morgan fingerprint density at radius 2 is 2.11 bits per heavy atom. The molecule has 102 valence electrons. The highest BCUT2D eigenvalue weighted by atomic mass is 35.5. The Bertz CT molecular complexity index is 409. The first-order chi connectivity index (χ1) is 8.61. The summed E-state index contributed by atoms with van der Waals surface area (Å²) in [6, 6.07) is 0. The number of hydrogen-bond acceptors (Lipinski definition) is 5. The molecule has 1 aromatic rings. The van der Waals surface area contributed by atoms with Crippen LogP contribution in [0.25, 0.3) is 0 Å². The van der Waals surface area contributed by atoms with Crippen molar-refractivity contribution < 1.29 is 19.0 Å². The molecule has 0 unspecified atom stereocenters. The largest absolute Gasteiger partial charge is 0.457 e. The second-order valence-electron chi connectivity index (χ2n) is 3.20. The number of carbonyl (C=O) groups is 1. The third-order valence-electron chi connectivity index (χ3n) is 1.99. The fraction of sp³-hybridized carbons (Fsp3) is 0.600. The summed E-state index contributed by atoms with van der Waals surface area (Å²) in [7, 11) is 1.51. The normalized spacial score (nSPS) is 10.7. The van der Waals surface area contributed by atoms with E-state index in [1.54, 1.807) is 0 Å². The summed E-state index contributed by atoms with van der Waals surface area (Å²) in [5, 5.41) is 0.180. The van der Waals surface area contributed by atoms with Gasteiger partial charge in [0.05, 0.1) is 6.61 Å². The Hall–Kier alpha value is -0.820. The number of methoxy groups -OCH3 is 1. The number of esters is 1. The lowest BCUT2D eigenvalue weighted by molar-refractivity contribution is 0.0340. The van der Waals surface area contributed by atoms with Gasteiger partial charge in [-0.05, 0) is 6.92 Å². The number of imidazole rings is 1. The van der Waals surface area contributed by atoms with E-state index in [1.165, 1.54) is 11.7 Å². The molecule has 0 N–H and O–H groups in total. The Labute approximate surface area is 115 Å². The Morgan fingerprint density at radius 1 is 1.39 bits per heavy atom. The molecule has 0 atom stereocenters. The van der Waals surface area contributed by atoms with E-state index in [2.05, 4.69) is 4.98 Å². The van der Waals surface area contributed by atoms with E-state index in [0.29, 0.717) is 13.2 Å². The van der Waals surface area contributed by atoms with Crippen LogP contribution in [-0.4, -0.2) is 42.5 Å². The lowest BCUT2D eigenvalue weighted by Gasteiger charge is -2.08. The molecule has 1 heterocycles. The van der Waals surface area contributed by atoms with Crippen molar-refractivity contribution in [2.24, 2.45) is 0 Å². The van der Waals surface area contributed by atoms with E-state index in [-0.39, 0.29) is 29.5 Å². The fourth-order valence-corrected chi connectivity index (χ4v) is 1.50. The fourth-order valence-electron chi connectivity index (χ4n) is 1.14. The highest BCUT2D eigenvalue weighted by molar-refractivity contribution is 6.40. The van der Waals surface area contributed by atoms with Crippen LogP contribution in [0.15, 0.2) is 0 Å². The van der Waals surface area contributed by atoms with Crippen LogP contribution < -0.4 is 0 Å². The maximum atomic E-state index is 11.7. The molecule has 0 spiro atoms. The molecule has 0 aliphatic heterocycles. The monoisotopic (exact) mass is 296 g/mol. The molecule has 0 bridgehead atoms. The van der Waals surface area contributed by atoms with Crippen molar-refractivity contribution in [2.75, 3.05) is 26.9 Å². The number of nitrogens with zero attached hydrogens (tertiary/aromatic N) is 2. The average molecular weight is 297 g/mol. The van der Waals surface area contributed by atoms with E-state index in [9.17, 15) is 4.79 Å².